The first-order valence-corrected chi connectivity index (χ1v) is 14.0. The second-order valence-corrected chi connectivity index (χ2v) is 11.6. The smallest absolute Gasteiger partial charge is 0.243 e. The van der Waals surface area contributed by atoms with Gasteiger partial charge in [-0.3, -0.25) is 9.59 Å². The van der Waals surface area contributed by atoms with Gasteiger partial charge in [-0.05, 0) is 61.2 Å². The van der Waals surface area contributed by atoms with Crippen LogP contribution in [0.1, 0.15) is 51.0 Å². The highest BCUT2D eigenvalue weighted by Gasteiger charge is 2.32. The first-order chi connectivity index (χ1) is 17.1. The van der Waals surface area contributed by atoms with Gasteiger partial charge in [0.15, 0.2) is 0 Å². The number of benzene rings is 2. The second-order valence-electron chi connectivity index (χ2n) is 9.13. The van der Waals surface area contributed by atoms with Gasteiger partial charge in [0.2, 0.25) is 21.8 Å². The van der Waals surface area contributed by atoms with Crippen molar-refractivity contribution in [2.75, 3.05) is 13.6 Å². The van der Waals surface area contributed by atoms with E-state index < -0.39 is 34.3 Å². The van der Waals surface area contributed by atoms with E-state index in [-0.39, 0.29) is 23.4 Å². The van der Waals surface area contributed by atoms with Gasteiger partial charge in [-0.15, -0.1) is 0 Å². The zero-order valence-electron chi connectivity index (χ0n) is 20.6. The highest BCUT2D eigenvalue weighted by Crippen LogP contribution is 2.21. The molecule has 0 spiro atoms. The summed E-state index contributed by atoms with van der Waals surface area (Å²) in [5.41, 5.74) is 0.636. The molecule has 3 rings (SSSR count). The lowest BCUT2D eigenvalue weighted by atomic mass is 9.95. The van der Waals surface area contributed by atoms with Gasteiger partial charge in [0.1, 0.15) is 11.9 Å². The largest absolute Gasteiger partial charge is 0.352 e. The molecule has 0 unspecified atom stereocenters. The lowest BCUT2D eigenvalue weighted by Crippen LogP contribution is -2.53. The van der Waals surface area contributed by atoms with Crippen LogP contribution in [0.25, 0.3) is 0 Å². The van der Waals surface area contributed by atoms with Crippen molar-refractivity contribution >= 4 is 33.4 Å². The molecule has 1 aliphatic carbocycles. The molecule has 1 N–H and O–H groups in total. The second kappa shape index (κ2) is 12.7. The van der Waals surface area contributed by atoms with Crippen LogP contribution in [0.3, 0.4) is 0 Å². The van der Waals surface area contributed by atoms with Crippen LogP contribution in [0.4, 0.5) is 4.39 Å². The minimum Gasteiger partial charge on any atom is -0.352 e. The number of hydrogen-bond donors (Lipinski definition) is 1. The van der Waals surface area contributed by atoms with E-state index in [0.29, 0.717) is 17.0 Å². The average molecular weight is 538 g/mol. The van der Waals surface area contributed by atoms with Crippen LogP contribution < -0.4 is 5.32 Å². The molecule has 0 heterocycles. The van der Waals surface area contributed by atoms with Gasteiger partial charge in [-0.1, -0.05) is 49.9 Å². The number of halogens is 2. The molecule has 2 aromatic rings. The zero-order valence-corrected chi connectivity index (χ0v) is 22.2. The third-order valence-corrected chi connectivity index (χ3v) is 8.55. The molecular formula is C26H33ClFN3O4S. The van der Waals surface area contributed by atoms with Gasteiger partial charge >= 0.3 is 0 Å². The Labute approximate surface area is 217 Å². The van der Waals surface area contributed by atoms with Crippen molar-refractivity contribution in [1.29, 1.82) is 0 Å². The Bertz CT molecular complexity index is 1140. The normalized spacial score (nSPS) is 15.5. The lowest BCUT2D eigenvalue weighted by Gasteiger charge is -2.33. The van der Waals surface area contributed by atoms with E-state index in [1.165, 1.54) is 48.3 Å². The molecule has 1 aliphatic rings. The van der Waals surface area contributed by atoms with E-state index in [1.54, 1.807) is 12.1 Å². The quantitative estimate of drug-likeness (QED) is 0.488. The van der Waals surface area contributed by atoms with Gasteiger partial charge in [-0.2, -0.15) is 4.31 Å². The molecule has 2 aromatic carbocycles. The van der Waals surface area contributed by atoms with Gasteiger partial charge in [0, 0.05) is 24.7 Å². The number of likely N-dealkylation sites (N-methyl/N-ethyl adjacent to an activating group) is 1. The van der Waals surface area contributed by atoms with Crippen molar-refractivity contribution in [2.24, 2.45) is 0 Å². The first kappa shape index (κ1) is 28.1. The number of rotatable bonds is 10. The number of carbonyl (C=O) groups excluding carboxylic acids is 2. The Balaban J connectivity index is 1.82. The zero-order chi connectivity index (χ0) is 26.3. The number of nitrogens with one attached hydrogen (secondary N) is 1. The molecule has 0 radical (unpaired) electrons. The fourth-order valence-corrected chi connectivity index (χ4v) is 5.65. The summed E-state index contributed by atoms with van der Waals surface area (Å²) >= 11 is 5.87. The maximum Gasteiger partial charge on any atom is 0.243 e. The molecule has 7 nitrogen and oxygen atoms in total. The van der Waals surface area contributed by atoms with Crippen LogP contribution in [0.2, 0.25) is 5.02 Å². The number of carbonyl (C=O) groups is 2. The molecule has 1 saturated carbocycles. The molecule has 0 aliphatic heterocycles. The summed E-state index contributed by atoms with van der Waals surface area (Å²) in [7, 11) is -2.64. The van der Waals surface area contributed by atoms with Crippen molar-refractivity contribution in [3.8, 4) is 0 Å². The summed E-state index contributed by atoms with van der Waals surface area (Å²) in [6.07, 6.45) is 5.39. The molecule has 196 valence electrons. The number of amides is 2. The predicted molar refractivity (Wildman–Crippen MR) is 137 cm³/mol. The molecule has 2 amide bonds. The number of sulfonamides is 1. The fourth-order valence-electron chi connectivity index (χ4n) is 4.40. The highest BCUT2D eigenvalue weighted by atomic mass is 35.5. The van der Waals surface area contributed by atoms with Crippen molar-refractivity contribution in [3.05, 3.63) is 64.9 Å². The summed E-state index contributed by atoms with van der Waals surface area (Å²) in [5.74, 6) is -1.19. The predicted octanol–water partition coefficient (Wildman–Crippen LogP) is 4.36. The SMILES string of the molecule is CC[C@@H](C(=O)NC1CCCCC1)N(Cc1ccc(F)cc1)C(=O)CN(C)S(=O)(=O)c1ccc(Cl)cc1. The Kier molecular flexibility index (Phi) is 9.87. The third-order valence-electron chi connectivity index (χ3n) is 6.48. The lowest BCUT2D eigenvalue weighted by molar-refractivity contribution is -0.141. The molecular weight excluding hydrogens is 505 g/mol. The van der Waals surface area contributed by atoms with Crippen molar-refractivity contribution in [3.63, 3.8) is 0 Å². The van der Waals surface area contributed by atoms with Gasteiger partial charge in [-0.25, -0.2) is 12.8 Å². The molecule has 36 heavy (non-hydrogen) atoms. The number of hydrogen-bond acceptors (Lipinski definition) is 4. The summed E-state index contributed by atoms with van der Waals surface area (Å²) < 4.78 is 40.5. The van der Waals surface area contributed by atoms with E-state index in [4.69, 9.17) is 11.6 Å². The van der Waals surface area contributed by atoms with E-state index >= 15 is 0 Å². The van der Waals surface area contributed by atoms with Crippen LogP contribution in [0, 0.1) is 5.82 Å². The van der Waals surface area contributed by atoms with E-state index in [1.807, 2.05) is 6.92 Å². The Morgan fingerprint density at radius 3 is 2.25 bits per heavy atom. The van der Waals surface area contributed by atoms with Crippen LogP contribution >= 0.6 is 11.6 Å². The molecule has 1 fully saturated rings. The Morgan fingerprint density at radius 2 is 1.67 bits per heavy atom. The minimum atomic E-state index is -3.96. The van der Waals surface area contributed by atoms with Crippen LogP contribution in [0.15, 0.2) is 53.4 Å². The average Bonchev–Trinajstić information content (AvgIpc) is 2.86. The monoisotopic (exact) mass is 537 g/mol. The number of nitrogens with zero attached hydrogens (tertiary/aromatic N) is 2. The third kappa shape index (κ3) is 7.27. The topological polar surface area (TPSA) is 86.8 Å². The van der Waals surface area contributed by atoms with Gasteiger partial charge in [0.05, 0.1) is 11.4 Å². The van der Waals surface area contributed by atoms with E-state index in [0.717, 1.165) is 36.4 Å². The summed E-state index contributed by atoms with van der Waals surface area (Å²) in [6.45, 7) is 1.40. The van der Waals surface area contributed by atoms with Gasteiger partial charge in [0.25, 0.3) is 0 Å². The molecule has 1 atom stereocenters. The van der Waals surface area contributed by atoms with Crippen molar-refractivity contribution in [2.45, 2.75) is 69.0 Å². The standard InChI is InChI=1S/C26H33ClFN3O4S/c1-3-24(26(33)29-22-7-5-4-6-8-22)31(17-19-9-13-21(28)14-10-19)25(32)18-30(2)36(34,35)23-15-11-20(27)12-16-23/h9-16,22,24H,3-8,17-18H2,1-2H3,(H,29,33)/t24-/m0/s1. The van der Waals surface area contributed by atoms with Crippen LogP contribution in [-0.4, -0.2) is 55.1 Å². The molecule has 0 bridgehead atoms. The molecule has 10 heteroatoms. The van der Waals surface area contributed by atoms with Gasteiger partial charge < -0.3 is 10.2 Å². The fraction of sp³-hybridized carbons (Fsp3) is 0.462. The maximum absolute atomic E-state index is 13.5. The summed E-state index contributed by atoms with van der Waals surface area (Å²) in [4.78, 5) is 28.2. The molecule has 0 aromatic heterocycles. The van der Waals surface area contributed by atoms with E-state index in [2.05, 4.69) is 5.32 Å². The van der Waals surface area contributed by atoms with Crippen molar-refractivity contribution < 1.29 is 22.4 Å². The van der Waals surface area contributed by atoms with Crippen molar-refractivity contribution in [1.82, 2.24) is 14.5 Å². The highest BCUT2D eigenvalue weighted by molar-refractivity contribution is 7.89. The minimum absolute atomic E-state index is 0.00867. The Morgan fingerprint density at radius 1 is 1.06 bits per heavy atom. The van der Waals surface area contributed by atoms with Crippen LogP contribution in [0.5, 0.6) is 0 Å². The van der Waals surface area contributed by atoms with E-state index in [9.17, 15) is 22.4 Å². The maximum atomic E-state index is 13.5. The summed E-state index contributed by atoms with van der Waals surface area (Å²) in [5, 5.41) is 3.47. The first-order valence-electron chi connectivity index (χ1n) is 12.2. The summed E-state index contributed by atoms with van der Waals surface area (Å²) in [6, 6.07) is 10.6. The Hall–Kier alpha value is -2.49. The van der Waals surface area contributed by atoms with Crippen LogP contribution in [-0.2, 0) is 26.2 Å². The molecule has 0 saturated heterocycles.